The molecule has 1 nitrogen and oxygen atoms in total. The normalized spacial score (nSPS) is 12.0. The summed E-state index contributed by atoms with van der Waals surface area (Å²) in [6.07, 6.45) is 1.78. The Bertz CT molecular complexity index is 1440. The third-order valence-corrected chi connectivity index (χ3v) is 5.32. The molecule has 0 unspecified atom stereocenters. The predicted octanol–water partition coefficient (Wildman–Crippen LogP) is 7.05. The maximum Gasteiger partial charge on any atom is 0.134 e. The minimum absolute atomic E-state index is 0.942. The molecule has 1 heterocycles. The van der Waals surface area contributed by atoms with Gasteiger partial charge in [-0.15, -0.1) is 0 Å². The van der Waals surface area contributed by atoms with Gasteiger partial charge in [-0.2, -0.15) is 0 Å². The fourth-order valence-corrected chi connectivity index (χ4v) is 4.26. The zero-order valence-electron chi connectivity index (χ0n) is 13.5. The highest BCUT2D eigenvalue weighted by atomic mass is 16.3. The van der Waals surface area contributed by atoms with Crippen molar-refractivity contribution in [1.82, 2.24) is 0 Å². The van der Waals surface area contributed by atoms with Gasteiger partial charge in [-0.3, -0.25) is 0 Å². The molecule has 0 spiro atoms. The average Bonchev–Trinajstić information content (AvgIpc) is 3.16. The third kappa shape index (κ3) is 1.62. The molecule has 0 fully saturated rings. The summed E-state index contributed by atoms with van der Waals surface area (Å²) in [5.74, 6) is 0. The molecule has 6 rings (SSSR count). The quantitative estimate of drug-likeness (QED) is 0.274. The molecule has 0 aliphatic rings. The van der Waals surface area contributed by atoms with Crippen molar-refractivity contribution in [2.75, 3.05) is 0 Å². The highest BCUT2D eigenvalue weighted by Gasteiger charge is 2.13. The number of benzene rings is 5. The minimum Gasteiger partial charge on any atom is -0.464 e. The Labute approximate surface area is 144 Å². The SMILES string of the molecule is c1ccc2c(c1)ccc1c2c2ccccc2c2ccc3occc3c21. The summed E-state index contributed by atoms with van der Waals surface area (Å²) in [6.45, 7) is 0. The number of hydrogen-bond donors (Lipinski definition) is 0. The second-order valence-corrected chi connectivity index (χ2v) is 6.58. The Morgan fingerprint density at radius 2 is 1.12 bits per heavy atom. The molecule has 0 amide bonds. The highest BCUT2D eigenvalue weighted by Crippen LogP contribution is 2.41. The average molecular weight is 318 g/mol. The van der Waals surface area contributed by atoms with E-state index in [1.165, 1.54) is 48.5 Å². The van der Waals surface area contributed by atoms with Crippen LogP contribution in [-0.4, -0.2) is 0 Å². The van der Waals surface area contributed by atoms with Gasteiger partial charge in [-0.25, -0.2) is 0 Å². The van der Waals surface area contributed by atoms with Crippen LogP contribution in [0, 0.1) is 0 Å². The Kier molecular flexibility index (Phi) is 2.40. The van der Waals surface area contributed by atoms with Gasteiger partial charge >= 0.3 is 0 Å². The smallest absolute Gasteiger partial charge is 0.134 e. The molecule has 116 valence electrons. The van der Waals surface area contributed by atoms with Gasteiger partial charge in [-0.1, -0.05) is 60.7 Å². The van der Waals surface area contributed by atoms with E-state index in [1.807, 2.05) is 0 Å². The highest BCUT2D eigenvalue weighted by molar-refractivity contribution is 6.35. The van der Waals surface area contributed by atoms with Crippen molar-refractivity contribution in [3.05, 3.63) is 85.1 Å². The first-order valence-corrected chi connectivity index (χ1v) is 8.54. The van der Waals surface area contributed by atoms with Crippen LogP contribution in [0.4, 0.5) is 0 Å². The monoisotopic (exact) mass is 318 g/mol. The molecule has 0 radical (unpaired) electrons. The lowest BCUT2D eigenvalue weighted by atomic mass is 9.90. The van der Waals surface area contributed by atoms with Crippen molar-refractivity contribution in [3.8, 4) is 0 Å². The van der Waals surface area contributed by atoms with E-state index < -0.39 is 0 Å². The fraction of sp³-hybridized carbons (Fsp3) is 0. The largest absolute Gasteiger partial charge is 0.464 e. The van der Waals surface area contributed by atoms with Crippen LogP contribution in [0.2, 0.25) is 0 Å². The molecule has 25 heavy (non-hydrogen) atoms. The Balaban J connectivity index is 2.08. The van der Waals surface area contributed by atoms with Gasteiger partial charge in [0.1, 0.15) is 5.58 Å². The summed E-state index contributed by atoms with van der Waals surface area (Å²) in [6, 6.07) is 28.2. The predicted molar refractivity (Wildman–Crippen MR) is 106 cm³/mol. The third-order valence-electron chi connectivity index (χ3n) is 5.32. The van der Waals surface area contributed by atoms with Crippen LogP contribution in [0.25, 0.3) is 54.1 Å². The lowest BCUT2D eigenvalue weighted by Gasteiger charge is -2.13. The molecule has 0 saturated heterocycles. The maximum absolute atomic E-state index is 5.67. The van der Waals surface area contributed by atoms with Crippen LogP contribution < -0.4 is 0 Å². The van der Waals surface area contributed by atoms with E-state index in [2.05, 4.69) is 78.9 Å². The standard InChI is InChI=1S/C24H14O/c1-2-6-16-15(5-1)9-10-21-23(16)18-8-4-3-7-17(18)19-11-12-22-20(24(19)21)13-14-25-22/h1-14H. The fourth-order valence-electron chi connectivity index (χ4n) is 4.26. The van der Waals surface area contributed by atoms with Crippen LogP contribution in [0.5, 0.6) is 0 Å². The van der Waals surface area contributed by atoms with Gasteiger partial charge in [-0.05, 0) is 55.9 Å². The molecule has 0 aliphatic heterocycles. The van der Waals surface area contributed by atoms with Gasteiger partial charge in [0.15, 0.2) is 0 Å². The van der Waals surface area contributed by atoms with Crippen molar-refractivity contribution in [3.63, 3.8) is 0 Å². The number of fused-ring (bicyclic) bond motifs is 10. The van der Waals surface area contributed by atoms with Crippen LogP contribution in [0.15, 0.2) is 89.5 Å². The topological polar surface area (TPSA) is 13.1 Å². The van der Waals surface area contributed by atoms with E-state index >= 15 is 0 Å². The lowest BCUT2D eigenvalue weighted by molar-refractivity contribution is 0.616. The molecule has 0 N–H and O–H groups in total. The van der Waals surface area contributed by atoms with Crippen LogP contribution in [0.1, 0.15) is 0 Å². The van der Waals surface area contributed by atoms with Crippen LogP contribution in [0.3, 0.4) is 0 Å². The summed E-state index contributed by atoms with van der Waals surface area (Å²) < 4.78 is 5.67. The Morgan fingerprint density at radius 1 is 0.440 bits per heavy atom. The first-order chi connectivity index (χ1) is 12.4. The van der Waals surface area contributed by atoms with E-state index in [0.29, 0.717) is 0 Å². The molecule has 1 aromatic heterocycles. The van der Waals surface area contributed by atoms with E-state index in [0.717, 1.165) is 5.58 Å². The molecule has 0 saturated carbocycles. The van der Waals surface area contributed by atoms with Crippen molar-refractivity contribution in [2.24, 2.45) is 0 Å². The first-order valence-electron chi connectivity index (χ1n) is 8.54. The summed E-state index contributed by atoms with van der Waals surface area (Å²) in [5, 5.41) is 11.6. The molecule has 0 aliphatic carbocycles. The second-order valence-electron chi connectivity index (χ2n) is 6.58. The van der Waals surface area contributed by atoms with Crippen LogP contribution in [-0.2, 0) is 0 Å². The molecule has 1 heteroatoms. The van der Waals surface area contributed by atoms with Crippen molar-refractivity contribution < 1.29 is 4.42 Å². The van der Waals surface area contributed by atoms with Gasteiger partial charge in [0.05, 0.1) is 6.26 Å². The molecular weight excluding hydrogens is 304 g/mol. The number of rotatable bonds is 0. The van der Waals surface area contributed by atoms with E-state index in [9.17, 15) is 0 Å². The van der Waals surface area contributed by atoms with Crippen molar-refractivity contribution in [1.29, 1.82) is 0 Å². The zero-order chi connectivity index (χ0) is 16.4. The minimum atomic E-state index is 0.942. The summed E-state index contributed by atoms with van der Waals surface area (Å²) in [7, 11) is 0. The van der Waals surface area contributed by atoms with E-state index in [4.69, 9.17) is 4.42 Å². The number of furan rings is 1. The summed E-state index contributed by atoms with van der Waals surface area (Å²) >= 11 is 0. The second kappa shape index (κ2) is 4.61. The molecule has 6 aromatic rings. The lowest BCUT2D eigenvalue weighted by Crippen LogP contribution is -1.85. The van der Waals surface area contributed by atoms with Crippen LogP contribution >= 0.6 is 0 Å². The number of hydrogen-bond acceptors (Lipinski definition) is 1. The molecule has 0 bridgehead atoms. The molecular formula is C24H14O. The zero-order valence-corrected chi connectivity index (χ0v) is 13.5. The van der Waals surface area contributed by atoms with E-state index in [-0.39, 0.29) is 0 Å². The van der Waals surface area contributed by atoms with Gasteiger partial charge in [0.25, 0.3) is 0 Å². The Hall–Kier alpha value is -3.32. The molecule has 5 aromatic carbocycles. The van der Waals surface area contributed by atoms with Crippen molar-refractivity contribution in [2.45, 2.75) is 0 Å². The summed E-state index contributed by atoms with van der Waals surface area (Å²) in [4.78, 5) is 0. The Morgan fingerprint density at radius 3 is 2.04 bits per heavy atom. The van der Waals surface area contributed by atoms with Gasteiger partial charge in [0, 0.05) is 10.8 Å². The molecule has 0 atom stereocenters. The van der Waals surface area contributed by atoms with E-state index in [1.54, 1.807) is 6.26 Å². The van der Waals surface area contributed by atoms with Gasteiger partial charge < -0.3 is 4.42 Å². The summed E-state index contributed by atoms with van der Waals surface area (Å²) in [5.41, 5.74) is 0.942. The first kappa shape index (κ1) is 13.0. The maximum atomic E-state index is 5.67. The van der Waals surface area contributed by atoms with Crippen molar-refractivity contribution >= 4 is 54.1 Å². The van der Waals surface area contributed by atoms with Gasteiger partial charge in [0.2, 0.25) is 0 Å².